The lowest BCUT2D eigenvalue weighted by Crippen LogP contribution is -2.47. The molecule has 7 nitrogen and oxygen atoms in total. The Hall–Kier alpha value is -3.56. The van der Waals surface area contributed by atoms with Crippen LogP contribution in [0.4, 0.5) is 18.0 Å². The molecule has 2 atom stereocenters. The summed E-state index contributed by atoms with van der Waals surface area (Å²) in [5, 5.41) is 7.29. The third-order valence-electron chi connectivity index (χ3n) is 5.12. The van der Waals surface area contributed by atoms with Gasteiger partial charge in [0.15, 0.2) is 0 Å². The van der Waals surface area contributed by atoms with Crippen LogP contribution in [0, 0.1) is 0 Å². The van der Waals surface area contributed by atoms with Crippen molar-refractivity contribution in [1.29, 1.82) is 0 Å². The predicted molar refractivity (Wildman–Crippen MR) is 110 cm³/mol. The molecule has 3 rings (SSSR count). The predicted octanol–water partition coefficient (Wildman–Crippen LogP) is 3.46. The molecule has 2 unspecified atom stereocenters. The van der Waals surface area contributed by atoms with E-state index in [0.29, 0.717) is 17.7 Å². The smallest absolute Gasteiger partial charge is 0.406 e. The van der Waals surface area contributed by atoms with E-state index in [9.17, 15) is 27.6 Å². The van der Waals surface area contributed by atoms with E-state index in [1.54, 1.807) is 18.2 Å². The van der Waals surface area contributed by atoms with Crippen molar-refractivity contribution < 1.29 is 32.3 Å². The van der Waals surface area contributed by atoms with Gasteiger partial charge in [-0.15, -0.1) is 13.2 Å². The van der Waals surface area contributed by atoms with E-state index in [2.05, 4.69) is 20.7 Å². The molecule has 0 bridgehead atoms. The number of halogens is 3. The van der Waals surface area contributed by atoms with Crippen molar-refractivity contribution in [2.24, 2.45) is 0 Å². The van der Waals surface area contributed by atoms with E-state index in [0.717, 1.165) is 5.56 Å². The summed E-state index contributed by atoms with van der Waals surface area (Å²) in [6, 6.07) is 12.3. The molecule has 3 N–H and O–H groups in total. The summed E-state index contributed by atoms with van der Waals surface area (Å²) in [6.45, 7) is 3.68. The lowest BCUT2D eigenvalue weighted by atomic mass is 9.96. The van der Waals surface area contributed by atoms with Crippen molar-refractivity contribution in [2.75, 3.05) is 6.54 Å². The highest BCUT2D eigenvalue weighted by Gasteiger charge is 2.43. The van der Waals surface area contributed by atoms with Gasteiger partial charge in [-0.05, 0) is 41.7 Å². The molecule has 0 aliphatic carbocycles. The van der Waals surface area contributed by atoms with Crippen LogP contribution in [0.3, 0.4) is 0 Å². The Morgan fingerprint density at radius 2 is 1.81 bits per heavy atom. The molecule has 1 aliphatic heterocycles. The highest BCUT2D eigenvalue weighted by atomic mass is 19.4. The molecule has 4 amide bonds. The average molecular weight is 449 g/mol. The fraction of sp³-hybridized carbons (Fsp3) is 0.318. The number of alkyl halides is 3. The molecule has 170 valence electrons. The van der Waals surface area contributed by atoms with E-state index in [1.807, 2.05) is 19.1 Å². The van der Waals surface area contributed by atoms with Gasteiger partial charge in [0, 0.05) is 6.54 Å². The molecule has 32 heavy (non-hydrogen) atoms. The molecule has 10 heteroatoms. The van der Waals surface area contributed by atoms with Crippen molar-refractivity contribution in [3.63, 3.8) is 0 Å². The maximum Gasteiger partial charge on any atom is 0.573 e. The minimum atomic E-state index is -4.76. The number of amides is 4. The molecule has 0 saturated carbocycles. The monoisotopic (exact) mass is 449 g/mol. The topological polar surface area (TPSA) is 96.5 Å². The first-order chi connectivity index (χ1) is 14.9. The minimum Gasteiger partial charge on any atom is -0.406 e. The lowest BCUT2D eigenvalue weighted by Gasteiger charge is -2.20. The van der Waals surface area contributed by atoms with Crippen molar-refractivity contribution in [3.8, 4) is 16.9 Å². The van der Waals surface area contributed by atoms with Crippen molar-refractivity contribution in [3.05, 3.63) is 54.1 Å². The van der Waals surface area contributed by atoms with Gasteiger partial charge in [-0.1, -0.05) is 43.3 Å². The number of hydrogen-bond donors (Lipinski definition) is 3. The Morgan fingerprint density at radius 1 is 1.12 bits per heavy atom. The van der Waals surface area contributed by atoms with Gasteiger partial charge in [0.05, 0.1) is 6.42 Å². The van der Waals surface area contributed by atoms with Crippen molar-refractivity contribution in [1.82, 2.24) is 16.0 Å². The quantitative estimate of drug-likeness (QED) is 0.564. The molecule has 1 saturated heterocycles. The maximum atomic E-state index is 12.4. The standard InChI is InChI=1S/C22H22F3N3O4/c1-13(12-26-18(29)11-21(2)19(30)27-20(31)28-21)14-6-8-15(9-7-14)16-4-3-5-17(10-16)32-22(23,24)25/h3-10,13H,11-12H2,1-2H3,(H,26,29)(H2,27,28,30,31). The minimum absolute atomic E-state index is 0.0623. The second kappa shape index (κ2) is 8.89. The first-order valence-electron chi connectivity index (χ1n) is 9.82. The van der Waals surface area contributed by atoms with Gasteiger partial charge < -0.3 is 15.4 Å². The largest absolute Gasteiger partial charge is 0.573 e. The third-order valence-corrected chi connectivity index (χ3v) is 5.12. The van der Waals surface area contributed by atoms with Crippen LogP contribution in [0.1, 0.15) is 31.7 Å². The second-order valence-electron chi connectivity index (χ2n) is 7.82. The second-order valence-corrected chi connectivity index (χ2v) is 7.82. The van der Waals surface area contributed by atoms with E-state index in [1.165, 1.54) is 25.1 Å². The average Bonchev–Trinajstić information content (AvgIpc) is 2.96. The number of urea groups is 1. The Kier molecular flexibility index (Phi) is 6.42. The van der Waals surface area contributed by atoms with Crippen LogP contribution in [0.5, 0.6) is 5.75 Å². The number of rotatable bonds is 7. The zero-order valence-electron chi connectivity index (χ0n) is 17.4. The van der Waals surface area contributed by atoms with Crippen LogP contribution < -0.4 is 20.7 Å². The molecule has 0 spiro atoms. The number of carbonyl (C=O) groups excluding carboxylic acids is 3. The fourth-order valence-corrected chi connectivity index (χ4v) is 3.35. The van der Waals surface area contributed by atoms with E-state index >= 15 is 0 Å². The molecule has 2 aromatic carbocycles. The molecule has 1 fully saturated rings. The molecule has 1 heterocycles. The Labute approximate surface area is 182 Å². The summed E-state index contributed by atoms with van der Waals surface area (Å²) >= 11 is 0. The van der Waals surface area contributed by atoms with Gasteiger partial charge in [0.2, 0.25) is 5.91 Å². The molecule has 1 aliphatic rings. The van der Waals surface area contributed by atoms with Gasteiger partial charge in [-0.2, -0.15) is 0 Å². The number of benzene rings is 2. The van der Waals surface area contributed by atoms with E-state index in [-0.39, 0.29) is 24.0 Å². The molecule has 0 radical (unpaired) electrons. The Balaban J connectivity index is 1.58. The third kappa shape index (κ3) is 5.77. The maximum absolute atomic E-state index is 12.4. The van der Waals surface area contributed by atoms with E-state index < -0.39 is 23.8 Å². The number of imide groups is 1. The van der Waals surface area contributed by atoms with Crippen molar-refractivity contribution in [2.45, 2.75) is 38.1 Å². The summed E-state index contributed by atoms with van der Waals surface area (Å²) in [4.78, 5) is 35.3. The normalized spacial score (nSPS) is 19.2. The zero-order valence-corrected chi connectivity index (χ0v) is 17.4. The Morgan fingerprint density at radius 3 is 2.41 bits per heavy atom. The number of nitrogens with one attached hydrogen (secondary N) is 3. The highest BCUT2D eigenvalue weighted by molar-refractivity contribution is 6.08. The van der Waals surface area contributed by atoms with Gasteiger partial charge in [-0.25, -0.2) is 4.79 Å². The highest BCUT2D eigenvalue weighted by Crippen LogP contribution is 2.29. The summed E-state index contributed by atoms with van der Waals surface area (Å²) in [6.07, 6.45) is -4.94. The number of carbonyl (C=O) groups is 3. The lowest BCUT2D eigenvalue weighted by molar-refractivity contribution is -0.274. The van der Waals surface area contributed by atoms with Crippen LogP contribution >= 0.6 is 0 Å². The molecular weight excluding hydrogens is 427 g/mol. The molecule has 2 aromatic rings. The zero-order chi connectivity index (χ0) is 23.5. The van der Waals surface area contributed by atoms with E-state index in [4.69, 9.17) is 0 Å². The van der Waals surface area contributed by atoms with Gasteiger partial charge in [0.1, 0.15) is 11.3 Å². The number of hydrogen-bond acceptors (Lipinski definition) is 4. The fourth-order valence-electron chi connectivity index (χ4n) is 3.35. The Bertz CT molecular complexity index is 1020. The first kappa shape index (κ1) is 23.1. The summed E-state index contributed by atoms with van der Waals surface area (Å²) < 4.78 is 41.2. The summed E-state index contributed by atoms with van der Waals surface area (Å²) in [5.41, 5.74) is 0.920. The van der Waals surface area contributed by atoms with Gasteiger partial charge >= 0.3 is 12.4 Å². The first-order valence-corrected chi connectivity index (χ1v) is 9.82. The van der Waals surface area contributed by atoms with Crippen LogP contribution in [-0.2, 0) is 9.59 Å². The summed E-state index contributed by atoms with van der Waals surface area (Å²) in [5.74, 6) is -1.29. The SMILES string of the molecule is CC(CNC(=O)CC1(C)NC(=O)NC1=O)c1ccc(-c2cccc(OC(F)(F)F)c2)cc1. The molecule has 0 aromatic heterocycles. The van der Waals surface area contributed by atoms with Crippen molar-refractivity contribution >= 4 is 17.8 Å². The molecular formula is C22H22F3N3O4. The number of ether oxygens (including phenoxy) is 1. The van der Waals surface area contributed by atoms with Crippen LogP contribution in [-0.4, -0.2) is 36.3 Å². The van der Waals surface area contributed by atoms with Crippen LogP contribution in [0.2, 0.25) is 0 Å². The van der Waals surface area contributed by atoms with Crippen LogP contribution in [0.15, 0.2) is 48.5 Å². The van der Waals surface area contributed by atoms with Gasteiger partial charge in [0.25, 0.3) is 5.91 Å². The van der Waals surface area contributed by atoms with Gasteiger partial charge in [-0.3, -0.25) is 14.9 Å². The van der Waals surface area contributed by atoms with Crippen LogP contribution in [0.25, 0.3) is 11.1 Å². The summed E-state index contributed by atoms with van der Waals surface area (Å²) in [7, 11) is 0.